The summed E-state index contributed by atoms with van der Waals surface area (Å²) in [6, 6.07) is 4.76. The molecule has 0 spiro atoms. The minimum atomic E-state index is 0.457. The highest BCUT2D eigenvalue weighted by Crippen LogP contribution is 2.21. The standard InChI is InChI=1S/C13H22N2/c1-5-6-7-13(14-4)12-9-8-10(2)15-11(12)3/h8-9,13-14H,5-7H2,1-4H3. The molecule has 0 fully saturated rings. The highest BCUT2D eigenvalue weighted by atomic mass is 14.9. The van der Waals surface area contributed by atoms with E-state index in [2.05, 4.69) is 36.3 Å². The summed E-state index contributed by atoms with van der Waals surface area (Å²) in [6.45, 7) is 6.36. The van der Waals surface area contributed by atoms with Gasteiger partial charge in [0.15, 0.2) is 0 Å². The number of aryl methyl sites for hydroxylation is 2. The zero-order valence-corrected chi connectivity index (χ0v) is 10.3. The van der Waals surface area contributed by atoms with Crippen LogP contribution in [0.4, 0.5) is 0 Å². The summed E-state index contributed by atoms with van der Waals surface area (Å²) in [6.07, 6.45) is 3.70. The summed E-state index contributed by atoms with van der Waals surface area (Å²) in [4.78, 5) is 4.51. The van der Waals surface area contributed by atoms with Crippen molar-refractivity contribution in [3.63, 3.8) is 0 Å². The predicted octanol–water partition coefficient (Wildman–Crippen LogP) is 3.15. The molecule has 1 unspecified atom stereocenters. The third-order valence-corrected chi connectivity index (χ3v) is 2.84. The first-order valence-electron chi connectivity index (χ1n) is 5.80. The predicted molar refractivity (Wildman–Crippen MR) is 65.0 cm³/mol. The summed E-state index contributed by atoms with van der Waals surface area (Å²) in [5, 5.41) is 3.37. The maximum absolute atomic E-state index is 4.51. The molecule has 1 N–H and O–H groups in total. The summed E-state index contributed by atoms with van der Waals surface area (Å²) in [7, 11) is 2.03. The molecular weight excluding hydrogens is 184 g/mol. The maximum Gasteiger partial charge on any atom is 0.0423 e. The van der Waals surface area contributed by atoms with E-state index in [1.807, 2.05) is 14.0 Å². The lowest BCUT2D eigenvalue weighted by Crippen LogP contribution is -2.17. The number of hydrogen-bond acceptors (Lipinski definition) is 2. The van der Waals surface area contributed by atoms with Crippen molar-refractivity contribution in [1.29, 1.82) is 0 Å². The van der Waals surface area contributed by atoms with Gasteiger partial charge in [-0.05, 0) is 38.9 Å². The van der Waals surface area contributed by atoms with Crippen LogP contribution in [0.2, 0.25) is 0 Å². The normalized spacial score (nSPS) is 12.8. The second-order valence-corrected chi connectivity index (χ2v) is 4.11. The Balaban J connectivity index is 2.81. The van der Waals surface area contributed by atoms with Crippen LogP contribution in [0.5, 0.6) is 0 Å². The van der Waals surface area contributed by atoms with E-state index in [4.69, 9.17) is 0 Å². The molecule has 0 radical (unpaired) electrons. The lowest BCUT2D eigenvalue weighted by atomic mass is 10.00. The van der Waals surface area contributed by atoms with E-state index in [1.165, 1.54) is 24.8 Å². The maximum atomic E-state index is 4.51. The number of hydrogen-bond donors (Lipinski definition) is 1. The van der Waals surface area contributed by atoms with E-state index in [0.717, 1.165) is 11.4 Å². The summed E-state index contributed by atoms with van der Waals surface area (Å²) < 4.78 is 0. The smallest absolute Gasteiger partial charge is 0.0423 e. The van der Waals surface area contributed by atoms with Crippen LogP contribution < -0.4 is 5.32 Å². The SMILES string of the molecule is CCCCC(NC)c1ccc(C)nc1C. The molecular formula is C13H22N2. The molecule has 0 aromatic carbocycles. The minimum absolute atomic E-state index is 0.457. The van der Waals surface area contributed by atoms with E-state index in [-0.39, 0.29) is 0 Å². The Kier molecular flexibility index (Phi) is 4.76. The van der Waals surface area contributed by atoms with Gasteiger partial charge in [0, 0.05) is 17.4 Å². The molecule has 1 aromatic rings. The third kappa shape index (κ3) is 3.31. The minimum Gasteiger partial charge on any atom is -0.313 e. The van der Waals surface area contributed by atoms with Gasteiger partial charge in [-0.3, -0.25) is 4.98 Å². The fourth-order valence-electron chi connectivity index (χ4n) is 1.93. The first-order valence-corrected chi connectivity index (χ1v) is 5.80. The molecule has 0 aliphatic rings. The van der Waals surface area contributed by atoms with Gasteiger partial charge in [0.25, 0.3) is 0 Å². The van der Waals surface area contributed by atoms with Crippen LogP contribution in [0.3, 0.4) is 0 Å². The van der Waals surface area contributed by atoms with Crippen LogP contribution in [0.25, 0.3) is 0 Å². The van der Waals surface area contributed by atoms with E-state index in [0.29, 0.717) is 6.04 Å². The molecule has 84 valence electrons. The van der Waals surface area contributed by atoms with Crippen molar-refractivity contribution in [2.24, 2.45) is 0 Å². The molecule has 1 rings (SSSR count). The quantitative estimate of drug-likeness (QED) is 0.800. The number of rotatable bonds is 5. The number of nitrogens with zero attached hydrogens (tertiary/aromatic N) is 1. The molecule has 0 bridgehead atoms. The second kappa shape index (κ2) is 5.86. The molecule has 0 amide bonds. The summed E-state index contributed by atoms with van der Waals surface area (Å²) in [5.74, 6) is 0. The van der Waals surface area contributed by atoms with Crippen molar-refractivity contribution in [2.45, 2.75) is 46.1 Å². The van der Waals surface area contributed by atoms with Crippen molar-refractivity contribution in [3.05, 3.63) is 29.1 Å². The molecule has 0 saturated carbocycles. The molecule has 0 aliphatic carbocycles. The molecule has 1 heterocycles. The van der Waals surface area contributed by atoms with Crippen molar-refractivity contribution >= 4 is 0 Å². The fraction of sp³-hybridized carbons (Fsp3) is 0.615. The Bertz CT molecular complexity index is 307. The monoisotopic (exact) mass is 206 g/mol. The Morgan fingerprint density at radius 3 is 2.60 bits per heavy atom. The Labute approximate surface area is 93.1 Å². The molecule has 15 heavy (non-hydrogen) atoms. The summed E-state index contributed by atoms with van der Waals surface area (Å²) >= 11 is 0. The van der Waals surface area contributed by atoms with E-state index < -0.39 is 0 Å². The average Bonchev–Trinajstić information content (AvgIpc) is 2.21. The first-order chi connectivity index (χ1) is 7.19. The lowest BCUT2D eigenvalue weighted by molar-refractivity contribution is 0.518. The second-order valence-electron chi connectivity index (χ2n) is 4.11. The lowest BCUT2D eigenvalue weighted by Gasteiger charge is -2.18. The van der Waals surface area contributed by atoms with Crippen LogP contribution in [0.15, 0.2) is 12.1 Å². The Morgan fingerprint density at radius 1 is 1.33 bits per heavy atom. The Morgan fingerprint density at radius 2 is 2.07 bits per heavy atom. The average molecular weight is 206 g/mol. The fourth-order valence-corrected chi connectivity index (χ4v) is 1.93. The molecule has 0 saturated heterocycles. The van der Waals surface area contributed by atoms with Crippen LogP contribution in [-0.4, -0.2) is 12.0 Å². The van der Waals surface area contributed by atoms with Gasteiger partial charge < -0.3 is 5.32 Å². The summed E-state index contributed by atoms with van der Waals surface area (Å²) in [5.41, 5.74) is 3.60. The Hall–Kier alpha value is -0.890. The first kappa shape index (κ1) is 12.2. The van der Waals surface area contributed by atoms with Gasteiger partial charge in [-0.15, -0.1) is 0 Å². The van der Waals surface area contributed by atoms with Crippen LogP contribution in [0.1, 0.15) is 49.2 Å². The topological polar surface area (TPSA) is 24.9 Å². The largest absolute Gasteiger partial charge is 0.313 e. The highest BCUT2D eigenvalue weighted by molar-refractivity contribution is 5.25. The van der Waals surface area contributed by atoms with Gasteiger partial charge in [0.1, 0.15) is 0 Å². The zero-order valence-electron chi connectivity index (χ0n) is 10.3. The number of pyridine rings is 1. The number of unbranched alkanes of at least 4 members (excludes halogenated alkanes) is 1. The molecule has 2 heteroatoms. The number of nitrogens with one attached hydrogen (secondary N) is 1. The highest BCUT2D eigenvalue weighted by Gasteiger charge is 2.11. The molecule has 1 aromatic heterocycles. The van der Waals surface area contributed by atoms with E-state index in [1.54, 1.807) is 0 Å². The van der Waals surface area contributed by atoms with Gasteiger partial charge in [-0.25, -0.2) is 0 Å². The molecule has 2 nitrogen and oxygen atoms in total. The number of aromatic nitrogens is 1. The van der Waals surface area contributed by atoms with Gasteiger partial charge in [-0.1, -0.05) is 25.8 Å². The van der Waals surface area contributed by atoms with Crippen molar-refractivity contribution in [3.8, 4) is 0 Å². The zero-order chi connectivity index (χ0) is 11.3. The van der Waals surface area contributed by atoms with Gasteiger partial charge in [0.2, 0.25) is 0 Å². The van der Waals surface area contributed by atoms with Crippen LogP contribution in [0, 0.1) is 13.8 Å². The van der Waals surface area contributed by atoms with Crippen LogP contribution >= 0.6 is 0 Å². The van der Waals surface area contributed by atoms with Crippen molar-refractivity contribution in [2.75, 3.05) is 7.05 Å². The molecule has 0 aliphatic heterocycles. The van der Waals surface area contributed by atoms with E-state index in [9.17, 15) is 0 Å². The third-order valence-electron chi connectivity index (χ3n) is 2.84. The van der Waals surface area contributed by atoms with Crippen LogP contribution in [-0.2, 0) is 0 Å². The van der Waals surface area contributed by atoms with Crippen molar-refractivity contribution < 1.29 is 0 Å². The van der Waals surface area contributed by atoms with Crippen molar-refractivity contribution in [1.82, 2.24) is 10.3 Å². The van der Waals surface area contributed by atoms with Gasteiger partial charge in [0.05, 0.1) is 0 Å². The van der Waals surface area contributed by atoms with Gasteiger partial charge in [-0.2, -0.15) is 0 Å². The van der Waals surface area contributed by atoms with E-state index >= 15 is 0 Å². The van der Waals surface area contributed by atoms with Gasteiger partial charge >= 0.3 is 0 Å². The molecule has 1 atom stereocenters.